The summed E-state index contributed by atoms with van der Waals surface area (Å²) in [6, 6.07) is 6.55. The molecule has 2 rings (SSSR count). The lowest BCUT2D eigenvalue weighted by molar-refractivity contribution is -0.144. The van der Waals surface area contributed by atoms with Crippen LogP contribution >= 0.6 is 0 Å². The van der Waals surface area contributed by atoms with Gasteiger partial charge in [0.25, 0.3) is 0 Å². The van der Waals surface area contributed by atoms with Gasteiger partial charge in [-0.25, -0.2) is 0 Å². The fourth-order valence-corrected chi connectivity index (χ4v) is 2.48. The molecule has 2 atom stereocenters. The van der Waals surface area contributed by atoms with Crippen molar-refractivity contribution in [3.63, 3.8) is 0 Å². The highest BCUT2D eigenvalue weighted by Crippen LogP contribution is 2.25. The minimum atomic E-state index is -0.201. The summed E-state index contributed by atoms with van der Waals surface area (Å²) >= 11 is 0. The van der Waals surface area contributed by atoms with Crippen molar-refractivity contribution in [3.05, 3.63) is 34.9 Å². The molecule has 1 aliphatic carbocycles. The zero-order chi connectivity index (χ0) is 13.1. The molecule has 2 unspecified atom stereocenters. The van der Waals surface area contributed by atoms with Crippen LogP contribution in [-0.2, 0) is 22.4 Å². The molecular weight excluding hydrogens is 226 g/mol. The van der Waals surface area contributed by atoms with Crippen LogP contribution in [0.4, 0.5) is 0 Å². The number of hydrogen-bond acceptors (Lipinski definition) is 3. The highest BCUT2D eigenvalue weighted by atomic mass is 16.5. The number of aryl methyl sites for hydroxylation is 1. The third-order valence-corrected chi connectivity index (χ3v) is 3.64. The number of benzene rings is 1. The van der Waals surface area contributed by atoms with E-state index in [0.717, 1.165) is 24.8 Å². The summed E-state index contributed by atoms with van der Waals surface area (Å²) in [5.41, 5.74) is 9.69. The van der Waals surface area contributed by atoms with E-state index in [9.17, 15) is 4.79 Å². The van der Waals surface area contributed by atoms with Crippen molar-refractivity contribution >= 4 is 5.97 Å². The van der Waals surface area contributed by atoms with Gasteiger partial charge in [0.2, 0.25) is 0 Å². The van der Waals surface area contributed by atoms with Gasteiger partial charge in [-0.05, 0) is 49.8 Å². The quantitative estimate of drug-likeness (QED) is 0.833. The van der Waals surface area contributed by atoms with Crippen LogP contribution in [0, 0.1) is 0 Å². The molecule has 1 aromatic rings. The normalized spacial score (nSPS) is 20.1. The Hall–Kier alpha value is -1.35. The maximum absolute atomic E-state index is 11.7. The van der Waals surface area contributed by atoms with Crippen molar-refractivity contribution in [2.24, 2.45) is 5.73 Å². The molecule has 0 saturated carbocycles. The SMILES string of the molecule is CCOC(=O)C(C)c1ccc2c(c1)CC(N)CC2. The highest BCUT2D eigenvalue weighted by Gasteiger charge is 2.20. The predicted molar refractivity (Wildman–Crippen MR) is 71.5 cm³/mol. The van der Waals surface area contributed by atoms with E-state index >= 15 is 0 Å². The fraction of sp³-hybridized carbons (Fsp3) is 0.533. The van der Waals surface area contributed by atoms with Crippen LogP contribution in [0.15, 0.2) is 18.2 Å². The van der Waals surface area contributed by atoms with Gasteiger partial charge < -0.3 is 10.5 Å². The van der Waals surface area contributed by atoms with Gasteiger partial charge in [0.05, 0.1) is 12.5 Å². The number of ether oxygens (including phenoxy) is 1. The molecule has 0 saturated heterocycles. The maximum Gasteiger partial charge on any atom is 0.313 e. The number of carbonyl (C=O) groups is 1. The third kappa shape index (κ3) is 2.72. The zero-order valence-corrected chi connectivity index (χ0v) is 11.1. The van der Waals surface area contributed by atoms with E-state index in [1.807, 2.05) is 19.9 Å². The smallest absolute Gasteiger partial charge is 0.313 e. The monoisotopic (exact) mass is 247 g/mol. The number of hydrogen-bond donors (Lipinski definition) is 1. The molecule has 2 N–H and O–H groups in total. The van der Waals surface area contributed by atoms with Gasteiger partial charge >= 0.3 is 5.97 Å². The molecule has 0 aromatic heterocycles. The van der Waals surface area contributed by atoms with E-state index in [0.29, 0.717) is 6.61 Å². The highest BCUT2D eigenvalue weighted by molar-refractivity contribution is 5.77. The van der Waals surface area contributed by atoms with Gasteiger partial charge in [0, 0.05) is 6.04 Å². The van der Waals surface area contributed by atoms with E-state index < -0.39 is 0 Å². The van der Waals surface area contributed by atoms with E-state index in [1.165, 1.54) is 11.1 Å². The van der Waals surface area contributed by atoms with Crippen molar-refractivity contribution in [2.45, 2.75) is 45.1 Å². The number of esters is 1. The first-order chi connectivity index (χ1) is 8.61. The summed E-state index contributed by atoms with van der Waals surface area (Å²) in [7, 11) is 0. The van der Waals surface area contributed by atoms with Crippen molar-refractivity contribution in [1.29, 1.82) is 0 Å². The second kappa shape index (κ2) is 5.53. The summed E-state index contributed by atoms with van der Waals surface area (Å²) < 4.78 is 5.06. The van der Waals surface area contributed by atoms with Crippen LogP contribution in [0.1, 0.15) is 42.9 Å². The van der Waals surface area contributed by atoms with Crippen LogP contribution in [-0.4, -0.2) is 18.6 Å². The summed E-state index contributed by atoms with van der Waals surface area (Å²) in [5.74, 6) is -0.356. The van der Waals surface area contributed by atoms with Gasteiger partial charge in [-0.15, -0.1) is 0 Å². The molecule has 0 heterocycles. The first-order valence-electron chi connectivity index (χ1n) is 6.65. The van der Waals surface area contributed by atoms with Crippen molar-refractivity contribution in [3.8, 4) is 0 Å². The number of nitrogens with two attached hydrogens (primary N) is 1. The average Bonchev–Trinajstić information content (AvgIpc) is 2.37. The van der Waals surface area contributed by atoms with Crippen molar-refractivity contribution < 1.29 is 9.53 Å². The molecule has 18 heavy (non-hydrogen) atoms. The Morgan fingerprint density at radius 3 is 3.00 bits per heavy atom. The first-order valence-corrected chi connectivity index (χ1v) is 6.65. The maximum atomic E-state index is 11.7. The van der Waals surface area contributed by atoms with Gasteiger partial charge in [-0.1, -0.05) is 18.2 Å². The molecule has 3 heteroatoms. The molecule has 0 bridgehead atoms. The van der Waals surface area contributed by atoms with E-state index in [4.69, 9.17) is 10.5 Å². The molecule has 0 fully saturated rings. The van der Waals surface area contributed by atoms with E-state index in [1.54, 1.807) is 0 Å². The third-order valence-electron chi connectivity index (χ3n) is 3.64. The fourth-order valence-electron chi connectivity index (χ4n) is 2.48. The molecule has 1 aromatic carbocycles. The number of carbonyl (C=O) groups excluding carboxylic acids is 1. The van der Waals surface area contributed by atoms with E-state index in [2.05, 4.69) is 12.1 Å². The molecule has 0 aliphatic heterocycles. The molecule has 0 spiro atoms. The standard InChI is InChI=1S/C15H21NO2/c1-3-18-15(17)10(2)12-5-4-11-6-7-14(16)9-13(11)8-12/h4-5,8,10,14H,3,6-7,9,16H2,1-2H3. The Morgan fingerprint density at radius 1 is 1.50 bits per heavy atom. The van der Waals surface area contributed by atoms with Crippen molar-refractivity contribution in [1.82, 2.24) is 0 Å². The number of fused-ring (bicyclic) bond motifs is 1. The van der Waals surface area contributed by atoms with Crippen LogP contribution in [0.2, 0.25) is 0 Å². The molecular formula is C15H21NO2. The summed E-state index contributed by atoms with van der Waals surface area (Å²) in [5, 5.41) is 0. The van der Waals surface area contributed by atoms with Gasteiger partial charge in [-0.3, -0.25) is 4.79 Å². The van der Waals surface area contributed by atoms with Gasteiger partial charge in [0.15, 0.2) is 0 Å². The Balaban J connectivity index is 2.20. The lowest BCUT2D eigenvalue weighted by Gasteiger charge is -2.23. The van der Waals surface area contributed by atoms with Crippen LogP contribution in [0.25, 0.3) is 0 Å². The van der Waals surface area contributed by atoms with Crippen LogP contribution in [0.5, 0.6) is 0 Å². The molecule has 0 radical (unpaired) electrons. The van der Waals surface area contributed by atoms with Crippen molar-refractivity contribution in [2.75, 3.05) is 6.61 Å². The van der Waals surface area contributed by atoms with Crippen LogP contribution in [0.3, 0.4) is 0 Å². The Kier molecular flexibility index (Phi) is 4.02. The second-order valence-corrected chi connectivity index (χ2v) is 5.00. The molecule has 0 amide bonds. The Bertz CT molecular complexity index is 442. The molecule has 98 valence electrons. The summed E-state index contributed by atoms with van der Waals surface area (Å²) in [6.07, 6.45) is 3.02. The van der Waals surface area contributed by atoms with Crippen LogP contribution < -0.4 is 5.73 Å². The first kappa shape index (κ1) is 13.1. The zero-order valence-electron chi connectivity index (χ0n) is 11.1. The summed E-state index contributed by atoms with van der Waals surface area (Å²) in [6.45, 7) is 4.15. The second-order valence-electron chi connectivity index (χ2n) is 5.00. The Labute approximate surface area is 108 Å². The lowest BCUT2D eigenvalue weighted by Crippen LogP contribution is -2.28. The Morgan fingerprint density at radius 2 is 2.28 bits per heavy atom. The van der Waals surface area contributed by atoms with Gasteiger partial charge in [0.1, 0.15) is 0 Å². The summed E-state index contributed by atoms with van der Waals surface area (Å²) in [4.78, 5) is 11.7. The van der Waals surface area contributed by atoms with Gasteiger partial charge in [-0.2, -0.15) is 0 Å². The largest absolute Gasteiger partial charge is 0.466 e. The lowest BCUT2D eigenvalue weighted by atomic mass is 9.86. The minimum absolute atomic E-state index is 0.155. The number of rotatable bonds is 3. The molecule has 1 aliphatic rings. The average molecular weight is 247 g/mol. The molecule has 3 nitrogen and oxygen atoms in total. The predicted octanol–water partition coefficient (Wildman–Crippen LogP) is 2.17. The topological polar surface area (TPSA) is 52.3 Å². The van der Waals surface area contributed by atoms with E-state index in [-0.39, 0.29) is 17.9 Å². The minimum Gasteiger partial charge on any atom is -0.466 e.